The van der Waals surface area contributed by atoms with Crippen molar-refractivity contribution in [3.8, 4) is 22.5 Å². The molecule has 4 aromatic rings. The molecular weight excluding hydrogens is 378 g/mol. The number of hydrogen-bond acceptors (Lipinski definition) is 2. The van der Waals surface area contributed by atoms with Gasteiger partial charge in [0, 0.05) is 34.8 Å². The van der Waals surface area contributed by atoms with E-state index in [-0.39, 0.29) is 5.41 Å². The summed E-state index contributed by atoms with van der Waals surface area (Å²) in [5.41, 5.74) is 11.0. The standard InChI is InChI=1S/C28H32N3/c1-18-12-19(2)20(3)24(13-18)27-11-9-22-14-21(8-10-26(22)31(27)7)25-17-29-23(16-30-25)15-28(4,5)6/h8-14,16-17H,15H2,1-7H3/q+1. The van der Waals surface area contributed by atoms with Crippen molar-refractivity contribution in [1.82, 2.24) is 9.97 Å². The molecule has 2 aromatic heterocycles. The number of nitrogens with zero attached hydrogens (tertiary/aromatic N) is 3. The van der Waals surface area contributed by atoms with Gasteiger partial charge in [-0.2, -0.15) is 4.57 Å². The van der Waals surface area contributed by atoms with Gasteiger partial charge in [-0.1, -0.05) is 32.4 Å². The summed E-state index contributed by atoms with van der Waals surface area (Å²) in [7, 11) is 2.15. The van der Waals surface area contributed by atoms with Crippen LogP contribution in [0, 0.1) is 26.2 Å². The Balaban J connectivity index is 1.73. The van der Waals surface area contributed by atoms with Crippen LogP contribution in [0.3, 0.4) is 0 Å². The van der Waals surface area contributed by atoms with Crippen molar-refractivity contribution in [1.29, 1.82) is 0 Å². The van der Waals surface area contributed by atoms with Gasteiger partial charge in [0.2, 0.25) is 11.2 Å². The molecule has 4 rings (SSSR count). The Morgan fingerprint density at radius 1 is 0.871 bits per heavy atom. The molecule has 0 aliphatic heterocycles. The van der Waals surface area contributed by atoms with E-state index in [4.69, 9.17) is 0 Å². The summed E-state index contributed by atoms with van der Waals surface area (Å²) >= 11 is 0. The van der Waals surface area contributed by atoms with Crippen LogP contribution >= 0.6 is 0 Å². The van der Waals surface area contributed by atoms with Crippen molar-refractivity contribution < 1.29 is 4.57 Å². The predicted octanol–water partition coefficient (Wildman–Crippen LogP) is 6.30. The summed E-state index contributed by atoms with van der Waals surface area (Å²) in [6.45, 7) is 13.2. The van der Waals surface area contributed by atoms with E-state index in [1.54, 1.807) is 0 Å². The molecule has 0 atom stereocenters. The fourth-order valence-electron chi connectivity index (χ4n) is 4.28. The molecule has 2 heterocycles. The minimum absolute atomic E-state index is 0.208. The van der Waals surface area contributed by atoms with Gasteiger partial charge in [-0.3, -0.25) is 9.97 Å². The van der Waals surface area contributed by atoms with Crippen LogP contribution in [0.15, 0.2) is 54.9 Å². The number of pyridine rings is 1. The van der Waals surface area contributed by atoms with Crippen molar-refractivity contribution >= 4 is 10.9 Å². The van der Waals surface area contributed by atoms with Crippen molar-refractivity contribution in [2.45, 2.75) is 48.0 Å². The maximum atomic E-state index is 4.69. The molecule has 0 saturated heterocycles. The average Bonchev–Trinajstić information content (AvgIpc) is 2.70. The van der Waals surface area contributed by atoms with E-state index in [1.807, 2.05) is 12.4 Å². The summed E-state index contributed by atoms with van der Waals surface area (Å²) in [6.07, 6.45) is 4.74. The molecule has 31 heavy (non-hydrogen) atoms. The highest BCUT2D eigenvalue weighted by Gasteiger charge is 2.18. The second-order valence-corrected chi connectivity index (χ2v) is 9.94. The third kappa shape index (κ3) is 4.36. The van der Waals surface area contributed by atoms with Crippen LogP contribution in [-0.2, 0) is 13.5 Å². The van der Waals surface area contributed by atoms with Gasteiger partial charge in [-0.25, -0.2) is 0 Å². The fourth-order valence-corrected chi connectivity index (χ4v) is 4.28. The zero-order valence-corrected chi connectivity index (χ0v) is 19.7. The number of benzene rings is 2. The van der Waals surface area contributed by atoms with Crippen molar-refractivity contribution in [2.75, 3.05) is 0 Å². The lowest BCUT2D eigenvalue weighted by atomic mass is 9.91. The van der Waals surface area contributed by atoms with Crippen LogP contribution < -0.4 is 4.57 Å². The third-order valence-electron chi connectivity index (χ3n) is 5.97. The maximum Gasteiger partial charge on any atom is 0.213 e. The summed E-state index contributed by atoms with van der Waals surface area (Å²) in [5.74, 6) is 0. The van der Waals surface area contributed by atoms with Gasteiger partial charge in [-0.05, 0) is 68.0 Å². The molecule has 0 spiro atoms. The van der Waals surface area contributed by atoms with E-state index >= 15 is 0 Å². The summed E-state index contributed by atoms with van der Waals surface area (Å²) in [6, 6.07) is 15.5. The van der Waals surface area contributed by atoms with Gasteiger partial charge in [0.15, 0.2) is 0 Å². The first-order valence-corrected chi connectivity index (χ1v) is 10.9. The van der Waals surface area contributed by atoms with Crippen LogP contribution in [0.1, 0.15) is 43.2 Å². The smallest absolute Gasteiger partial charge is 0.213 e. The topological polar surface area (TPSA) is 29.7 Å². The van der Waals surface area contributed by atoms with Gasteiger partial charge >= 0.3 is 0 Å². The molecule has 2 aromatic carbocycles. The molecule has 0 aliphatic carbocycles. The minimum Gasteiger partial charge on any atom is -0.257 e. The van der Waals surface area contributed by atoms with E-state index in [0.717, 1.165) is 23.4 Å². The molecule has 0 unspecified atom stereocenters. The van der Waals surface area contributed by atoms with Gasteiger partial charge < -0.3 is 0 Å². The Bertz CT molecular complexity index is 1260. The molecule has 0 aliphatic rings. The van der Waals surface area contributed by atoms with E-state index in [1.165, 1.54) is 38.9 Å². The molecule has 0 radical (unpaired) electrons. The highest BCUT2D eigenvalue weighted by atomic mass is 14.9. The highest BCUT2D eigenvalue weighted by Crippen LogP contribution is 2.28. The second-order valence-electron chi connectivity index (χ2n) is 9.94. The summed E-state index contributed by atoms with van der Waals surface area (Å²) in [5, 5.41) is 1.20. The van der Waals surface area contributed by atoms with E-state index in [9.17, 15) is 0 Å². The Morgan fingerprint density at radius 3 is 2.32 bits per heavy atom. The predicted molar refractivity (Wildman–Crippen MR) is 129 cm³/mol. The van der Waals surface area contributed by atoms with E-state index < -0.39 is 0 Å². The third-order valence-corrected chi connectivity index (χ3v) is 5.97. The normalized spacial score (nSPS) is 11.8. The molecule has 0 N–H and O–H groups in total. The van der Waals surface area contributed by atoms with Crippen molar-refractivity contribution in [2.24, 2.45) is 12.5 Å². The Labute approximate surface area is 185 Å². The van der Waals surface area contributed by atoms with Crippen LogP contribution in [0.5, 0.6) is 0 Å². The molecule has 0 fully saturated rings. The summed E-state index contributed by atoms with van der Waals surface area (Å²) < 4.78 is 2.29. The zero-order valence-electron chi connectivity index (χ0n) is 19.7. The number of rotatable bonds is 3. The van der Waals surface area contributed by atoms with Crippen LogP contribution in [0.2, 0.25) is 0 Å². The first-order chi connectivity index (χ1) is 14.6. The van der Waals surface area contributed by atoms with Crippen LogP contribution in [0.4, 0.5) is 0 Å². The monoisotopic (exact) mass is 410 g/mol. The largest absolute Gasteiger partial charge is 0.257 e. The van der Waals surface area contributed by atoms with Gasteiger partial charge in [0.25, 0.3) is 0 Å². The lowest BCUT2D eigenvalue weighted by Crippen LogP contribution is -2.32. The Morgan fingerprint density at radius 2 is 1.65 bits per heavy atom. The number of hydrogen-bond donors (Lipinski definition) is 0. The van der Waals surface area contributed by atoms with Gasteiger partial charge in [0.1, 0.15) is 7.05 Å². The van der Waals surface area contributed by atoms with Gasteiger partial charge in [0.05, 0.1) is 17.6 Å². The molecule has 0 bridgehead atoms. The van der Waals surface area contributed by atoms with Crippen molar-refractivity contribution in [3.05, 3.63) is 77.2 Å². The minimum atomic E-state index is 0.208. The first-order valence-electron chi connectivity index (χ1n) is 10.9. The molecular formula is C28H32N3+. The summed E-state index contributed by atoms with van der Waals surface area (Å²) in [4.78, 5) is 9.34. The Kier molecular flexibility index (Phi) is 5.38. The highest BCUT2D eigenvalue weighted by molar-refractivity contribution is 5.83. The fraction of sp³-hybridized carbons (Fsp3) is 0.321. The van der Waals surface area contributed by atoms with Crippen LogP contribution in [0.25, 0.3) is 33.4 Å². The Hall–Kier alpha value is -3.07. The molecule has 0 saturated carbocycles. The lowest BCUT2D eigenvalue weighted by molar-refractivity contribution is -0.633. The molecule has 3 nitrogen and oxygen atoms in total. The maximum absolute atomic E-state index is 4.69. The number of aromatic nitrogens is 3. The SMILES string of the molecule is Cc1cc(C)c(C)c(-c2ccc3cc(-c4cnc(CC(C)(C)C)cn4)ccc3[n+]2C)c1. The quantitative estimate of drug-likeness (QED) is 0.371. The molecule has 158 valence electrons. The first kappa shape index (κ1) is 21.2. The van der Waals surface area contributed by atoms with E-state index in [2.05, 4.69) is 106 Å². The molecule has 3 heteroatoms. The average molecular weight is 411 g/mol. The van der Waals surface area contributed by atoms with E-state index in [0.29, 0.717) is 0 Å². The lowest BCUT2D eigenvalue weighted by Gasteiger charge is -2.17. The van der Waals surface area contributed by atoms with Crippen LogP contribution in [-0.4, -0.2) is 9.97 Å². The van der Waals surface area contributed by atoms with Crippen molar-refractivity contribution in [3.63, 3.8) is 0 Å². The zero-order chi connectivity index (χ0) is 22.3. The number of aryl methyl sites for hydroxylation is 3. The second kappa shape index (κ2) is 7.88. The van der Waals surface area contributed by atoms with Gasteiger partial charge in [-0.15, -0.1) is 0 Å². The molecule has 0 amide bonds. The number of fused-ring (bicyclic) bond motifs is 1.